The van der Waals surface area contributed by atoms with Crippen LogP contribution in [0.2, 0.25) is 0 Å². The number of nitrogens with zero attached hydrogens (tertiary/aromatic N) is 2. The van der Waals surface area contributed by atoms with Crippen LogP contribution >= 0.6 is 0 Å². The second-order valence-corrected chi connectivity index (χ2v) is 4.08. The van der Waals surface area contributed by atoms with Crippen molar-refractivity contribution in [2.24, 2.45) is 0 Å². The van der Waals surface area contributed by atoms with Gasteiger partial charge < -0.3 is 9.88 Å². The van der Waals surface area contributed by atoms with Crippen LogP contribution in [-0.2, 0) is 6.54 Å². The molecule has 0 fully saturated rings. The maximum atomic E-state index is 4.61. The van der Waals surface area contributed by atoms with Gasteiger partial charge in [-0.05, 0) is 26.3 Å². The summed E-state index contributed by atoms with van der Waals surface area (Å²) in [5.41, 5.74) is 1.14. The summed E-state index contributed by atoms with van der Waals surface area (Å²) in [7, 11) is 0. The fourth-order valence-corrected chi connectivity index (χ4v) is 2.16. The van der Waals surface area contributed by atoms with Gasteiger partial charge in [-0.15, -0.1) is 0 Å². The van der Waals surface area contributed by atoms with Gasteiger partial charge in [0.1, 0.15) is 5.82 Å². The number of aryl methyl sites for hydroxylation is 2. The molecule has 0 bridgehead atoms. The van der Waals surface area contributed by atoms with Crippen LogP contribution in [0.5, 0.6) is 0 Å². The minimum absolute atomic E-state index is 0.469. The molecule has 0 aromatic carbocycles. The normalized spacial score (nSPS) is 21.7. The maximum Gasteiger partial charge on any atom is 0.126 e. The van der Waals surface area contributed by atoms with Crippen molar-refractivity contribution >= 4 is 0 Å². The first-order valence-electron chi connectivity index (χ1n) is 5.58. The van der Waals surface area contributed by atoms with Crippen LogP contribution in [0.3, 0.4) is 0 Å². The van der Waals surface area contributed by atoms with Crippen molar-refractivity contribution in [2.45, 2.75) is 45.7 Å². The minimum Gasteiger partial charge on any atom is -0.333 e. The Morgan fingerprint density at radius 2 is 2.50 bits per heavy atom. The highest BCUT2D eigenvalue weighted by Gasteiger charge is 2.19. The van der Waals surface area contributed by atoms with Crippen molar-refractivity contribution in [1.29, 1.82) is 0 Å². The van der Waals surface area contributed by atoms with Gasteiger partial charge in [0, 0.05) is 12.7 Å². The molecule has 78 valence electrons. The lowest BCUT2D eigenvalue weighted by atomic mass is 10.1. The maximum absolute atomic E-state index is 4.61. The summed E-state index contributed by atoms with van der Waals surface area (Å²) in [5, 5.41) is 3.57. The van der Waals surface area contributed by atoms with Crippen LogP contribution in [0, 0.1) is 6.92 Å². The van der Waals surface area contributed by atoms with Gasteiger partial charge in [-0.3, -0.25) is 0 Å². The lowest BCUT2D eigenvalue weighted by Gasteiger charge is -2.14. The lowest BCUT2D eigenvalue weighted by molar-refractivity contribution is 0.488. The molecular formula is C11H19N3. The topological polar surface area (TPSA) is 29.9 Å². The predicted octanol–water partition coefficient (Wildman–Crippen LogP) is 2.03. The second kappa shape index (κ2) is 4.13. The van der Waals surface area contributed by atoms with E-state index in [1.165, 1.54) is 25.1 Å². The van der Waals surface area contributed by atoms with E-state index in [0.717, 1.165) is 18.8 Å². The zero-order valence-electron chi connectivity index (χ0n) is 9.08. The van der Waals surface area contributed by atoms with Crippen LogP contribution in [-0.4, -0.2) is 16.1 Å². The van der Waals surface area contributed by atoms with E-state index in [4.69, 9.17) is 0 Å². The summed E-state index contributed by atoms with van der Waals surface area (Å²) in [4.78, 5) is 4.61. The molecule has 2 rings (SSSR count). The Kier molecular flexibility index (Phi) is 2.87. The highest BCUT2D eigenvalue weighted by atomic mass is 15.1. The van der Waals surface area contributed by atoms with E-state index in [1.807, 2.05) is 0 Å². The summed E-state index contributed by atoms with van der Waals surface area (Å²) in [5.74, 6) is 1.24. The Morgan fingerprint density at radius 1 is 1.64 bits per heavy atom. The van der Waals surface area contributed by atoms with Crippen LogP contribution in [0.4, 0.5) is 0 Å². The Hall–Kier alpha value is -0.830. The van der Waals surface area contributed by atoms with Crippen molar-refractivity contribution in [3.63, 3.8) is 0 Å². The molecule has 0 aliphatic carbocycles. The second-order valence-electron chi connectivity index (χ2n) is 4.08. The quantitative estimate of drug-likeness (QED) is 0.778. The van der Waals surface area contributed by atoms with Gasteiger partial charge in [0.2, 0.25) is 0 Å². The van der Waals surface area contributed by atoms with Crippen molar-refractivity contribution in [1.82, 2.24) is 14.9 Å². The van der Waals surface area contributed by atoms with Crippen LogP contribution in [0.25, 0.3) is 0 Å². The van der Waals surface area contributed by atoms with E-state index in [9.17, 15) is 0 Å². The molecule has 1 aliphatic rings. The Balaban J connectivity index is 2.26. The highest BCUT2D eigenvalue weighted by Crippen LogP contribution is 2.20. The van der Waals surface area contributed by atoms with Crippen LogP contribution in [0.15, 0.2) is 6.20 Å². The largest absolute Gasteiger partial charge is 0.333 e. The van der Waals surface area contributed by atoms with Crippen molar-refractivity contribution in [3.8, 4) is 0 Å². The van der Waals surface area contributed by atoms with E-state index in [1.54, 1.807) is 0 Å². The zero-order chi connectivity index (χ0) is 9.97. The van der Waals surface area contributed by atoms with Gasteiger partial charge >= 0.3 is 0 Å². The fourth-order valence-electron chi connectivity index (χ4n) is 2.16. The van der Waals surface area contributed by atoms with Gasteiger partial charge in [-0.25, -0.2) is 4.98 Å². The third kappa shape index (κ3) is 1.82. The summed E-state index contributed by atoms with van der Waals surface area (Å²) in [6.45, 7) is 6.54. The smallest absolute Gasteiger partial charge is 0.126 e. The summed E-state index contributed by atoms with van der Waals surface area (Å²) >= 11 is 0. The molecule has 0 amide bonds. The number of hydrogen-bond donors (Lipinski definition) is 1. The molecule has 1 aromatic rings. The van der Waals surface area contributed by atoms with Gasteiger partial charge in [0.15, 0.2) is 0 Å². The predicted molar refractivity (Wildman–Crippen MR) is 57.2 cm³/mol. The first kappa shape index (κ1) is 9.71. The SMILES string of the molecule is CCC[C@H]1NCCCn2cc(C)nc21. The zero-order valence-corrected chi connectivity index (χ0v) is 9.08. The van der Waals surface area contributed by atoms with E-state index >= 15 is 0 Å². The third-order valence-corrected chi connectivity index (χ3v) is 2.78. The molecule has 0 saturated heterocycles. The van der Waals surface area contributed by atoms with E-state index in [2.05, 4.69) is 34.9 Å². The van der Waals surface area contributed by atoms with Crippen LogP contribution < -0.4 is 5.32 Å². The Morgan fingerprint density at radius 3 is 3.29 bits per heavy atom. The first-order valence-corrected chi connectivity index (χ1v) is 5.58. The Labute approximate surface area is 85.5 Å². The van der Waals surface area contributed by atoms with E-state index < -0.39 is 0 Å². The molecule has 0 unspecified atom stereocenters. The number of hydrogen-bond acceptors (Lipinski definition) is 2. The van der Waals surface area contributed by atoms with Crippen molar-refractivity contribution < 1.29 is 0 Å². The molecule has 0 saturated carbocycles. The molecule has 3 heteroatoms. The van der Waals surface area contributed by atoms with Crippen molar-refractivity contribution in [3.05, 3.63) is 17.7 Å². The first-order chi connectivity index (χ1) is 6.81. The van der Waals surface area contributed by atoms with Gasteiger partial charge in [0.25, 0.3) is 0 Å². The average Bonchev–Trinajstić information content (AvgIpc) is 2.43. The molecule has 1 aliphatic heterocycles. The molecular weight excluding hydrogens is 174 g/mol. The molecule has 1 N–H and O–H groups in total. The van der Waals surface area contributed by atoms with Gasteiger partial charge in [0.05, 0.1) is 11.7 Å². The number of fused-ring (bicyclic) bond motifs is 1. The summed E-state index contributed by atoms with van der Waals surface area (Å²) in [6.07, 6.45) is 5.79. The third-order valence-electron chi connectivity index (χ3n) is 2.78. The molecule has 14 heavy (non-hydrogen) atoms. The fraction of sp³-hybridized carbons (Fsp3) is 0.727. The number of nitrogens with one attached hydrogen (secondary N) is 1. The summed E-state index contributed by atoms with van der Waals surface area (Å²) in [6, 6.07) is 0.469. The van der Waals surface area contributed by atoms with Crippen molar-refractivity contribution in [2.75, 3.05) is 6.54 Å². The molecule has 0 radical (unpaired) electrons. The minimum atomic E-state index is 0.469. The molecule has 3 nitrogen and oxygen atoms in total. The highest BCUT2D eigenvalue weighted by molar-refractivity contribution is 5.07. The molecule has 2 heterocycles. The molecule has 1 atom stereocenters. The number of imidazole rings is 1. The monoisotopic (exact) mass is 193 g/mol. The van der Waals surface area contributed by atoms with Crippen LogP contribution in [0.1, 0.15) is 43.7 Å². The molecule has 0 spiro atoms. The van der Waals surface area contributed by atoms with E-state index in [0.29, 0.717) is 6.04 Å². The number of aromatic nitrogens is 2. The number of rotatable bonds is 2. The molecule has 1 aromatic heterocycles. The Bertz CT molecular complexity index is 303. The average molecular weight is 193 g/mol. The standard InChI is InChI=1S/C11H19N3/c1-3-5-10-11-13-9(2)8-14(11)7-4-6-12-10/h8,10,12H,3-7H2,1-2H3/t10-/m1/s1. The van der Waals surface area contributed by atoms with Gasteiger partial charge in [-0.2, -0.15) is 0 Å². The van der Waals surface area contributed by atoms with E-state index in [-0.39, 0.29) is 0 Å². The summed E-state index contributed by atoms with van der Waals surface area (Å²) < 4.78 is 2.32. The van der Waals surface area contributed by atoms with Gasteiger partial charge in [-0.1, -0.05) is 13.3 Å². The lowest BCUT2D eigenvalue weighted by Crippen LogP contribution is -2.21.